The summed E-state index contributed by atoms with van der Waals surface area (Å²) in [6, 6.07) is 13.5. The SMILES string of the molecule is CCn1c(S[C@H](C)C(=O)Nc2c(C)cccc2C)nnc1-c1ccc(Cl)cc1. The largest absolute Gasteiger partial charge is 0.325 e. The Morgan fingerprint density at radius 2 is 1.79 bits per heavy atom. The van der Waals surface area contributed by atoms with E-state index in [-0.39, 0.29) is 11.2 Å². The van der Waals surface area contributed by atoms with E-state index in [0.29, 0.717) is 11.6 Å². The Hall–Kier alpha value is -2.31. The lowest BCUT2D eigenvalue weighted by Crippen LogP contribution is -2.23. The van der Waals surface area contributed by atoms with Crippen molar-refractivity contribution in [1.29, 1.82) is 0 Å². The first-order valence-corrected chi connectivity index (χ1v) is 10.4. The minimum Gasteiger partial charge on any atom is -0.325 e. The van der Waals surface area contributed by atoms with Crippen LogP contribution in [0.1, 0.15) is 25.0 Å². The standard InChI is InChI=1S/C21H23ClN4OS/c1-5-26-19(16-9-11-17(22)12-10-16)24-25-21(26)28-15(4)20(27)23-18-13(2)7-6-8-14(18)3/h6-12,15H,5H2,1-4H3,(H,23,27)/t15-/m1/s1. The van der Waals surface area contributed by atoms with Gasteiger partial charge in [-0.25, -0.2) is 0 Å². The summed E-state index contributed by atoms with van der Waals surface area (Å²) >= 11 is 7.38. The van der Waals surface area contributed by atoms with Crippen LogP contribution in [0.25, 0.3) is 11.4 Å². The molecular weight excluding hydrogens is 392 g/mol. The Bertz CT molecular complexity index is 964. The van der Waals surface area contributed by atoms with Gasteiger partial charge in [-0.3, -0.25) is 4.79 Å². The summed E-state index contributed by atoms with van der Waals surface area (Å²) in [6.07, 6.45) is 0. The number of halogens is 1. The van der Waals surface area contributed by atoms with Crippen molar-refractivity contribution in [1.82, 2.24) is 14.8 Å². The first-order valence-electron chi connectivity index (χ1n) is 9.13. The van der Waals surface area contributed by atoms with E-state index < -0.39 is 0 Å². The summed E-state index contributed by atoms with van der Waals surface area (Å²) < 4.78 is 2.01. The van der Waals surface area contributed by atoms with E-state index >= 15 is 0 Å². The molecule has 0 bridgehead atoms. The smallest absolute Gasteiger partial charge is 0.237 e. The van der Waals surface area contributed by atoms with Crippen LogP contribution in [-0.2, 0) is 11.3 Å². The highest BCUT2D eigenvalue weighted by Crippen LogP contribution is 2.28. The zero-order valence-corrected chi connectivity index (χ0v) is 17.9. The number of thioether (sulfide) groups is 1. The fraction of sp³-hybridized carbons (Fsp3) is 0.286. The molecule has 1 amide bonds. The number of aryl methyl sites for hydroxylation is 2. The van der Waals surface area contributed by atoms with Crippen molar-refractivity contribution >= 4 is 35.0 Å². The number of rotatable bonds is 6. The highest BCUT2D eigenvalue weighted by atomic mass is 35.5. The van der Waals surface area contributed by atoms with Crippen molar-refractivity contribution in [3.63, 3.8) is 0 Å². The number of nitrogens with one attached hydrogen (secondary N) is 1. The predicted molar refractivity (Wildman–Crippen MR) is 116 cm³/mol. The van der Waals surface area contributed by atoms with Crippen molar-refractivity contribution in [3.8, 4) is 11.4 Å². The van der Waals surface area contributed by atoms with Crippen LogP contribution in [0.4, 0.5) is 5.69 Å². The first-order chi connectivity index (χ1) is 13.4. The van der Waals surface area contributed by atoms with Crippen LogP contribution in [0.15, 0.2) is 47.6 Å². The number of para-hydroxylation sites is 1. The molecular formula is C21H23ClN4OS. The van der Waals surface area contributed by atoms with Crippen LogP contribution in [-0.4, -0.2) is 25.9 Å². The molecule has 1 heterocycles. The Labute approximate surface area is 174 Å². The molecule has 5 nitrogen and oxygen atoms in total. The van der Waals surface area contributed by atoms with Gasteiger partial charge in [-0.05, 0) is 63.1 Å². The molecule has 0 saturated heterocycles. The normalized spacial score (nSPS) is 12.0. The topological polar surface area (TPSA) is 59.8 Å². The van der Waals surface area contributed by atoms with Gasteiger partial charge >= 0.3 is 0 Å². The van der Waals surface area contributed by atoms with Gasteiger partial charge in [0.25, 0.3) is 0 Å². The fourth-order valence-corrected chi connectivity index (χ4v) is 3.96. The maximum Gasteiger partial charge on any atom is 0.237 e. The van der Waals surface area contributed by atoms with E-state index in [4.69, 9.17) is 11.6 Å². The van der Waals surface area contributed by atoms with Crippen LogP contribution >= 0.6 is 23.4 Å². The summed E-state index contributed by atoms with van der Waals surface area (Å²) in [5, 5.41) is 12.8. The lowest BCUT2D eigenvalue weighted by atomic mass is 10.1. The number of carbonyl (C=O) groups is 1. The summed E-state index contributed by atoms with van der Waals surface area (Å²) in [5.41, 5.74) is 3.91. The van der Waals surface area contributed by atoms with Gasteiger partial charge in [0, 0.05) is 22.8 Å². The molecule has 3 aromatic rings. The minimum atomic E-state index is -0.313. The maximum atomic E-state index is 12.7. The summed E-state index contributed by atoms with van der Waals surface area (Å²) in [4.78, 5) is 12.7. The van der Waals surface area contributed by atoms with E-state index in [1.165, 1.54) is 11.8 Å². The summed E-state index contributed by atoms with van der Waals surface area (Å²) in [5.74, 6) is 0.713. The average molecular weight is 415 g/mol. The molecule has 0 saturated carbocycles. The van der Waals surface area contributed by atoms with E-state index in [9.17, 15) is 4.79 Å². The third-order valence-corrected chi connectivity index (χ3v) is 5.85. The van der Waals surface area contributed by atoms with Crippen molar-refractivity contribution in [2.45, 2.75) is 44.6 Å². The predicted octanol–water partition coefficient (Wildman–Crippen LogP) is 5.35. The minimum absolute atomic E-state index is 0.0545. The molecule has 0 spiro atoms. The van der Waals surface area contributed by atoms with Crippen LogP contribution in [0.5, 0.6) is 0 Å². The summed E-state index contributed by atoms with van der Waals surface area (Å²) in [7, 11) is 0. The van der Waals surface area contributed by atoms with E-state index in [0.717, 1.165) is 33.4 Å². The van der Waals surface area contributed by atoms with Gasteiger partial charge in [0.2, 0.25) is 5.91 Å². The van der Waals surface area contributed by atoms with Gasteiger partial charge in [-0.2, -0.15) is 0 Å². The highest BCUT2D eigenvalue weighted by Gasteiger charge is 2.21. The lowest BCUT2D eigenvalue weighted by molar-refractivity contribution is -0.115. The lowest BCUT2D eigenvalue weighted by Gasteiger charge is -2.15. The fourth-order valence-electron chi connectivity index (χ4n) is 2.92. The highest BCUT2D eigenvalue weighted by molar-refractivity contribution is 8.00. The second kappa shape index (κ2) is 8.80. The number of carbonyl (C=O) groups excluding carboxylic acids is 1. The van der Waals surface area contributed by atoms with Crippen LogP contribution in [0.2, 0.25) is 5.02 Å². The molecule has 1 N–H and O–H groups in total. The average Bonchev–Trinajstić information content (AvgIpc) is 3.07. The number of benzene rings is 2. The third-order valence-electron chi connectivity index (χ3n) is 4.52. The zero-order valence-electron chi connectivity index (χ0n) is 16.4. The van der Waals surface area contributed by atoms with E-state index in [1.54, 1.807) is 0 Å². The molecule has 1 atom stereocenters. The van der Waals surface area contributed by atoms with Gasteiger partial charge in [0.15, 0.2) is 11.0 Å². The van der Waals surface area contributed by atoms with E-state index in [2.05, 4.69) is 15.5 Å². The summed E-state index contributed by atoms with van der Waals surface area (Å²) in [6.45, 7) is 8.61. The van der Waals surface area contributed by atoms with Crippen molar-refractivity contribution in [3.05, 3.63) is 58.6 Å². The van der Waals surface area contributed by atoms with Gasteiger partial charge in [0.1, 0.15) is 0 Å². The number of anilines is 1. The third kappa shape index (κ3) is 4.39. The molecule has 0 radical (unpaired) electrons. The number of amides is 1. The molecule has 0 aliphatic rings. The molecule has 146 valence electrons. The molecule has 0 fully saturated rings. The second-order valence-corrected chi connectivity index (χ2v) is 8.32. The van der Waals surface area contributed by atoms with Gasteiger partial charge < -0.3 is 9.88 Å². The Kier molecular flexibility index (Phi) is 6.42. The van der Waals surface area contributed by atoms with Gasteiger partial charge in [0.05, 0.1) is 5.25 Å². The second-order valence-electron chi connectivity index (χ2n) is 6.57. The van der Waals surface area contributed by atoms with Crippen LogP contribution in [0, 0.1) is 13.8 Å². The van der Waals surface area contributed by atoms with Gasteiger partial charge in [-0.1, -0.05) is 41.6 Å². The molecule has 2 aromatic carbocycles. The Morgan fingerprint density at radius 3 is 2.39 bits per heavy atom. The molecule has 7 heteroatoms. The van der Waals surface area contributed by atoms with E-state index in [1.807, 2.05) is 74.7 Å². The maximum absolute atomic E-state index is 12.7. The quantitative estimate of drug-likeness (QED) is 0.552. The monoisotopic (exact) mass is 414 g/mol. The van der Waals surface area contributed by atoms with Crippen molar-refractivity contribution < 1.29 is 4.79 Å². The molecule has 28 heavy (non-hydrogen) atoms. The molecule has 0 aliphatic heterocycles. The number of aromatic nitrogens is 3. The molecule has 0 aliphatic carbocycles. The number of hydrogen-bond acceptors (Lipinski definition) is 4. The van der Waals surface area contributed by atoms with Crippen LogP contribution < -0.4 is 5.32 Å². The number of nitrogens with zero attached hydrogens (tertiary/aromatic N) is 3. The Morgan fingerprint density at radius 1 is 1.14 bits per heavy atom. The number of hydrogen-bond donors (Lipinski definition) is 1. The van der Waals surface area contributed by atoms with Crippen molar-refractivity contribution in [2.24, 2.45) is 0 Å². The molecule has 0 unspecified atom stereocenters. The van der Waals surface area contributed by atoms with Crippen molar-refractivity contribution in [2.75, 3.05) is 5.32 Å². The molecule has 3 rings (SSSR count). The Balaban J connectivity index is 1.77. The van der Waals surface area contributed by atoms with Gasteiger partial charge in [-0.15, -0.1) is 10.2 Å². The van der Waals surface area contributed by atoms with Crippen LogP contribution in [0.3, 0.4) is 0 Å². The zero-order chi connectivity index (χ0) is 20.3. The molecule has 1 aromatic heterocycles. The first kappa shape index (κ1) is 20.4.